The summed E-state index contributed by atoms with van der Waals surface area (Å²) in [6, 6.07) is 0. The van der Waals surface area contributed by atoms with E-state index < -0.39 is 0 Å². The number of carbonyl (C=O) groups excluding carboxylic acids is 1. The maximum absolute atomic E-state index is 11.7. The average Bonchev–Trinajstić information content (AvgIpc) is 2.06. The van der Waals surface area contributed by atoms with E-state index >= 15 is 0 Å². The molecule has 76 valence electrons. The summed E-state index contributed by atoms with van der Waals surface area (Å²) < 4.78 is 0. The summed E-state index contributed by atoms with van der Waals surface area (Å²) in [4.78, 5) is 11.7. The molecule has 3 unspecified atom stereocenters. The van der Waals surface area contributed by atoms with Crippen LogP contribution in [0.1, 0.15) is 47.0 Å². The molecule has 0 aromatic rings. The second-order valence-corrected chi connectivity index (χ2v) is 5.06. The van der Waals surface area contributed by atoms with Crippen molar-refractivity contribution in [3.05, 3.63) is 0 Å². The molecule has 0 amide bonds. The van der Waals surface area contributed by atoms with Gasteiger partial charge in [-0.25, -0.2) is 0 Å². The molecule has 0 bridgehead atoms. The monoisotopic (exact) mass is 182 g/mol. The SMILES string of the molecule is CC(C)CC1CCC(C)C(=O)C1C. The van der Waals surface area contributed by atoms with E-state index in [0.29, 0.717) is 23.5 Å². The highest BCUT2D eigenvalue weighted by Crippen LogP contribution is 2.34. The molecule has 1 heteroatoms. The third kappa shape index (κ3) is 2.55. The highest BCUT2D eigenvalue weighted by Gasteiger charge is 2.32. The molecule has 0 N–H and O–H groups in total. The van der Waals surface area contributed by atoms with E-state index in [4.69, 9.17) is 0 Å². The first kappa shape index (κ1) is 10.7. The van der Waals surface area contributed by atoms with Crippen molar-refractivity contribution in [1.82, 2.24) is 0 Å². The molecule has 0 aromatic heterocycles. The van der Waals surface area contributed by atoms with E-state index in [1.165, 1.54) is 12.8 Å². The molecule has 0 radical (unpaired) electrons. The zero-order chi connectivity index (χ0) is 10.0. The minimum absolute atomic E-state index is 0.311. The van der Waals surface area contributed by atoms with Crippen LogP contribution in [0.3, 0.4) is 0 Å². The molecule has 1 saturated carbocycles. The van der Waals surface area contributed by atoms with Crippen LogP contribution >= 0.6 is 0 Å². The van der Waals surface area contributed by atoms with Gasteiger partial charge in [-0.1, -0.05) is 27.7 Å². The number of carbonyl (C=O) groups is 1. The van der Waals surface area contributed by atoms with Gasteiger partial charge in [0, 0.05) is 11.8 Å². The molecule has 13 heavy (non-hydrogen) atoms. The van der Waals surface area contributed by atoms with Gasteiger partial charge in [0.1, 0.15) is 5.78 Å². The van der Waals surface area contributed by atoms with Crippen molar-refractivity contribution in [2.24, 2.45) is 23.7 Å². The van der Waals surface area contributed by atoms with Crippen molar-refractivity contribution in [1.29, 1.82) is 0 Å². The van der Waals surface area contributed by atoms with E-state index in [0.717, 1.165) is 12.3 Å². The number of rotatable bonds is 2. The quantitative estimate of drug-likeness (QED) is 0.640. The van der Waals surface area contributed by atoms with Crippen LogP contribution in [0.25, 0.3) is 0 Å². The maximum Gasteiger partial charge on any atom is 0.138 e. The van der Waals surface area contributed by atoms with Crippen LogP contribution in [-0.2, 0) is 4.79 Å². The molecule has 0 saturated heterocycles. The van der Waals surface area contributed by atoms with E-state index in [1.807, 2.05) is 0 Å². The van der Waals surface area contributed by atoms with Crippen LogP contribution in [0, 0.1) is 23.7 Å². The highest BCUT2D eigenvalue weighted by atomic mass is 16.1. The third-order valence-electron chi connectivity index (χ3n) is 3.39. The lowest BCUT2D eigenvalue weighted by atomic mass is 9.72. The van der Waals surface area contributed by atoms with Gasteiger partial charge in [-0.15, -0.1) is 0 Å². The van der Waals surface area contributed by atoms with E-state index in [2.05, 4.69) is 27.7 Å². The fourth-order valence-electron chi connectivity index (χ4n) is 2.46. The summed E-state index contributed by atoms with van der Waals surface area (Å²) >= 11 is 0. The Morgan fingerprint density at radius 1 is 1.31 bits per heavy atom. The lowest BCUT2D eigenvalue weighted by Gasteiger charge is -2.32. The number of hydrogen-bond acceptors (Lipinski definition) is 1. The van der Waals surface area contributed by atoms with Crippen molar-refractivity contribution < 1.29 is 4.79 Å². The lowest BCUT2D eigenvalue weighted by molar-refractivity contribution is -0.130. The molecule has 0 spiro atoms. The van der Waals surface area contributed by atoms with Gasteiger partial charge in [0.15, 0.2) is 0 Å². The van der Waals surface area contributed by atoms with Crippen molar-refractivity contribution in [2.45, 2.75) is 47.0 Å². The molecule has 0 aliphatic heterocycles. The second kappa shape index (κ2) is 4.26. The first-order valence-electron chi connectivity index (χ1n) is 5.56. The van der Waals surface area contributed by atoms with Gasteiger partial charge in [-0.05, 0) is 31.1 Å². The summed E-state index contributed by atoms with van der Waals surface area (Å²) in [6.45, 7) is 8.68. The molecule has 1 aliphatic rings. The van der Waals surface area contributed by atoms with Crippen LogP contribution < -0.4 is 0 Å². The molecule has 1 fully saturated rings. The Labute approximate surface area is 81.9 Å². The molecule has 1 rings (SSSR count). The zero-order valence-corrected chi connectivity index (χ0v) is 9.34. The van der Waals surface area contributed by atoms with Crippen LogP contribution in [0.15, 0.2) is 0 Å². The third-order valence-corrected chi connectivity index (χ3v) is 3.39. The van der Waals surface area contributed by atoms with Crippen LogP contribution in [-0.4, -0.2) is 5.78 Å². The van der Waals surface area contributed by atoms with Crippen molar-refractivity contribution in [3.63, 3.8) is 0 Å². The second-order valence-electron chi connectivity index (χ2n) is 5.06. The zero-order valence-electron chi connectivity index (χ0n) is 9.34. The van der Waals surface area contributed by atoms with E-state index in [-0.39, 0.29) is 0 Å². The van der Waals surface area contributed by atoms with E-state index in [9.17, 15) is 4.79 Å². The first-order valence-corrected chi connectivity index (χ1v) is 5.56. The normalized spacial score (nSPS) is 35.5. The summed E-state index contributed by atoms with van der Waals surface area (Å²) in [5.74, 6) is 2.51. The van der Waals surface area contributed by atoms with Gasteiger partial charge < -0.3 is 0 Å². The Hall–Kier alpha value is -0.330. The summed E-state index contributed by atoms with van der Waals surface area (Å²) in [7, 11) is 0. The Bertz CT molecular complexity index is 184. The van der Waals surface area contributed by atoms with Gasteiger partial charge >= 0.3 is 0 Å². The van der Waals surface area contributed by atoms with Gasteiger partial charge in [-0.2, -0.15) is 0 Å². The summed E-state index contributed by atoms with van der Waals surface area (Å²) in [5, 5.41) is 0. The summed E-state index contributed by atoms with van der Waals surface area (Å²) in [6.07, 6.45) is 3.59. The lowest BCUT2D eigenvalue weighted by Crippen LogP contribution is -2.32. The van der Waals surface area contributed by atoms with Gasteiger partial charge in [0.05, 0.1) is 0 Å². The number of hydrogen-bond donors (Lipinski definition) is 0. The Morgan fingerprint density at radius 3 is 2.46 bits per heavy atom. The molecule has 1 aliphatic carbocycles. The number of ketones is 1. The van der Waals surface area contributed by atoms with Gasteiger partial charge in [0.25, 0.3) is 0 Å². The number of Topliss-reactive ketones (excluding diaryl/α,β-unsaturated/α-hetero) is 1. The minimum atomic E-state index is 0.311. The topological polar surface area (TPSA) is 17.1 Å². The van der Waals surface area contributed by atoms with E-state index in [1.54, 1.807) is 0 Å². The molecular weight excluding hydrogens is 160 g/mol. The van der Waals surface area contributed by atoms with Crippen molar-refractivity contribution in [2.75, 3.05) is 0 Å². The predicted octanol–water partition coefficient (Wildman–Crippen LogP) is 3.28. The molecular formula is C12H22O. The largest absolute Gasteiger partial charge is 0.299 e. The minimum Gasteiger partial charge on any atom is -0.299 e. The summed E-state index contributed by atoms with van der Waals surface area (Å²) in [5.41, 5.74) is 0. The molecule has 3 atom stereocenters. The van der Waals surface area contributed by atoms with Gasteiger partial charge in [0.2, 0.25) is 0 Å². The molecule has 1 nitrogen and oxygen atoms in total. The Kier molecular flexibility index (Phi) is 3.52. The van der Waals surface area contributed by atoms with Crippen molar-refractivity contribution in [3.8, 4) is 0 Å². The fraction of sp³-hybridized carbons (Fsp3) is 0.917. The van der Waals surface area contributed by atoms with Crippen LogP contribution in [0.4, 0.5) is 0 Å². The highest BCUT2D eigenvalue weighted by molar-refractivity contribution is 5.83. The average molecular weight is 182 g/mol. The Morgan fingerprint density at radius 2 is 1.92 bits per heavy atom. The Balaban J connectivity index is 2.54. The fourth-order valence-corrected chi connectivity index (χ4v) is 2.46. The van der Waals surface area contributed by atoms with Crippen molar-refractivity contribution >= 4 is 5.78 Å². The molecule has 0 aromatic carbocycles. The first-order chi connectivity index (χ1) is 6.02. The molecule has 0 heterocycles. The maximum atomic E-state index is 11.7. The van der Waals surface area contributed by atoms with Gasteiger partial charge in [-0.3, -0.25) is 4.79 Å². The predicted molar refractivity (Wildman–Crippen MR) is 55.5 cm³/mol. The smallest absolute Gasteiger partial charge is 0.138 e. The van der Waals surface area contributed by atoms with Crippen LogP contribution in [0.5, 0.6) is 0 Å². The standard InChI is InChI=1S/C12H22O/c1-8(2)7-11-6-5-9(3)12(13)10(11)4/h8-11H,5-7H2,1-4H3. The van der Waals surface area contributed by atoms with Crippen LogP contribution in [0.2, 0.25) is 0 Å².